The molecule has 3 N–H and O–H groups in total. The first-order valence-electron chi connectivity index (χ1n) is 13.5. The molecular formula is C27H27F10N5O6S. The molecule has 1 fully saturated rings. The van der Waals surface area contributed by atoms with Gasteiger partial charge in [-0.05, 0) is 32.0 Å². The van der Waals surface area contributed by atoms with Crippen molar-refractivity contribution in [2.24, 2.45) is 0 Å². The SMILES string of the molecule is CN1CCn2c(-c3cccc(F)c3)cnc2C12CCN(Cc1nccs1)CC2.O=C(O)C(F)(F)F.O=C(O)C(F)(F)F.O=C(O)C(F)(F)F. The summed E-state index contributed by atoms with van der Waals surface area (Å²) in [7, 11) is 2.22. The molecule has 2 aromatic heterocycles. The van der Waals surface area contributed by atoms with Crippen molar-refractivity contribution in [3.05, 3.63) is 58.7 Å². The van der Waals surface area contributed by atoms with Crippen LogP contribution in [0.3, 0.4) is 0 Å². The fourth-order valence-corrected chi connectivity index (χ4v) is 5.35. The van der Waals surface area contributed by atoms with Crippen LogP contribution in [0.5, 0.6) is 0 Å². The maximum atomic E-state index is 13.8. The van der Waals surface area contributed by atoms with E-state index in [0.717, 1.165) is 62.6 Å². The number of rotatable bonds is 3. The van der Waals surface area contributed by atoms with Crippen molar-refractivity contribution in [1.82, 2.24) is 24.3 Å². The molecule has 1 aromatic carbocycles. The highest BCUT2D eigenvalue weighted by molar-refractivity contribution is 7.09. The molecule has 0 bridgehead atoms. The first-order valence-corrected chi connectivity index (χ1v) is 14.4. The number of carboxylic acids is 3. The van der Waals surface area contributed by atoms with Crippen LogP contribution < -0.4 is 0 Å². The van der Waals surface area contributed by atoms with Crippen LogP contribution in [0.2, 0.25) is 0 Å². The number of benzene rings is 1. The van der Waals surface area contributed by atoms with Crippen LogP contribution >= 0.6 is 11.3 Å². The summed E-state index contributed by atoms with van der Waals surface area (Å²) in [5.74, 6) is -7.34. The summed E-state index contributed by atoms with van der Waals surface area (Å²) in [5, 5.41) is 24.6. The van der Waals surface area contributed by atoms with Gasteiger partial charge in [-0.1, -0.05) is 12.1 Å². The monoisotopic (exact) mass is 739 g/mol. The van der Waals surface area contributed by atoms with Gasteiger partial charge < -0.3 is 19.9 Å². The Labute approximate surface area is 274 Å². The van der Waals surface area contributed by atoms with Crippen molar-refractivity contribution in [3.8, 4) is 11.3 Å². The first kappa shape index (κ1) is 40.9. The van der Waals surface area contributed by atoms with Gasteiger partial charge in [-0.25, -0.2) is 28.7 Å². The third-order valence-corrected chi connectivity index (χ3v) is 7.80. The Balaban J connectivity index is 0.000000325. The van der Waals surface area contributed by atoms with Crippen LogP contribution in [-0.2, 0) is 33.0 Å². The molecular weight excluding hydrogens is 712 g/mol. The molecule has 5 rings (SSSR count). The Morgan fingerprint density at radius 2 is 1.35 bits per heavy atom. The number of likely N-dealkylation sites (tertiary alicyclic amines) is 1. The Morgan fingerprint density at radius 3 is 1.78 bits per heavy atom. The average molecular weight is 740 g/mol. The Morgan fingerprint density at radius 1 is 0.837 bits per heavy atom. The first-order chi connectivity index (χ1) is 22.5. The summed E-state index contributed by atoms with van der Waals surface area (Å²) in [6.07, 6.45) is -9.35. The lowest BCUT2D eigenvalue weighted by atomic mass is 9.83. The van der Waals surface area contributed by atoms with Crippen molar-refractivity contribution in [3.63, 3.8) is 0 Å². The van der Waals surface area contributed by atoms with Gasteiger partial charge in [0.2, 0.25) is 0 Å². The number of aliphatic carboxylic acids is 3. The minimum Gasteiger partial charge on any atom is -0.475 e. The van der Waals surface area contributed by atoms with Crippen molar-refractivity contribution < 1.29 is 73.6 Å². The molecule has 0 amide bonds. The van der Waals surface area contributed by atoms with Gasteiger partial charge in [0.25, 0.3) is 0 Å². The molecule has 2 aliphatic rings. The number of aromatic nitrogens is 3. The largest absolute Gasteiger partial charge is 0.490 e. The van der Waals surface area contributed by atoms with E-state index in [1.165, 1.54) is 11.1 Å². The van der Waals surface area contributed by atoms with Gasteiger partial charge in [-0.15, -0.1) is 11.3 Å². The van der Waals surface area contributed by atoms with Crippen LogP contribution in [0.4, 0.5) is 43.9 Å². The summed E-state index contributed by atoms with van der Waals surface area (Å²) in [4.78, 5) is 40.9. The molecule has 0 atom stereocenters. The van der Waals surface area contributed by atoms with Gasteiger partial charge >= 0.3 is 36.4 Å². The summed E-state index contributed by atoms with van der Waals surface area (Å²) < 4.78 is 111. The second-order valence-electron chi connectivity index (χ2n) is 10.2. The zero-order valence-corrected chi connectivity index (χ0v) is 25.8. The molecule has 4 heterocycles. The van der Waals surface area contributed by atoms with E-state index < -0.39 is 36.4 Å². The van der Waals surface area contributed by atoms with Crippen molar-refractivity contribution >= 4 is 29.2 Å². The number of imidazole rings is 1. The molecule has 272 valence electrons. The number of carboxylic acid groups (broad SMARTS) is 3. The van der Waals surface area contributed by atoms with Crippen LogP contribution in [0.25, 0.3) is 11.3 Å². The number of nitrogens with zero attached hydrogens (tertiary/aromatic N) is 5. The zero-order chi connectivity index (χ0) is 37.4. The van der Waals surface area contributed by atoms with Gasteiger partial charge in [0.1, 0.15) is 16.6 Å². The van der Waals surface area contributed by atoms with Gasteiger partial charge in [-0.3, -0.25) is 9.80 Å². The van der Waals surface area contributed by atoms with Crippen molar-refractivity contribution in [2.75, 3.05) is 26.7 Å². The highest BCUT2D eigenvalue weighted by Gasteiger charge is 2.46. The fourth-order valence-electron chi connectivity index (χ4n) is 4.70. The van der Waals surface area contributed by atoms with Crippen LogP contribution in [-0.4, -0.2) is 103 Å². The van der Waals surface area contributed by atoms with Gasteiger partial charge in [0.05, 0.1) is 24.0 Å². The predicted octanol–water partition coefficient (Wildman–Crippen LogP) is 5.48. The lowest BCUT2D eigenvalue weighted by molar-refractivity contribution is -0.193. The summed E-state index contributed by atoms with van der Waals surface area (Å²) in [6, 6.07) is 6.83. The number of hydrogen-bond acceptors (Lipinski definition) is 8. The summed E-state index contributed by atoms with van der Waals surface area (Å²) in [5.41, 5.74) is 1.88. The third-order valence-electron chi connectivity index (χ3n) is 7.03. The Kier molecular flexibility index (Phi) is 13.7. The molecule has 0 unspecified atom stereocenters. The number of alkyl halides is 9. The van der Waals surface area contributed by atoms with E-state index in [2.05, 4.69) is 26.4 Å². The lowest BCUT2D eigenvalue weighted by Crippen LogP contribution is -2.56. The Bertz CT molecular complexity index is 1500. The minimum atomic E-state index is -5.08. The number of thiazole rings is 1. The topological polar surface area (TPSA) is 149 Å². The molecule has 0 aliphatic carbocycles. The van der Waals surface area contributed by atoms with E-state index in [-0.39, 0.29) is 11.4 Å². The number of fused-ring (bicyclic) bond motifs is 2. The maximum Gasteiger partial charge on any atom is 0.490 e. The third kappa shape index (κ3) is 11.7. The molecule has 22 heteroatoms. The molecule has 1 spiro atoms. The highest BCUT2D eigenvalue weighted by atomic mass is 32.1. The van der Waals surface area contributed by atoms with E-state index in [1.54, 1.807) is 23.5 Å². The molecule has 1 saturated heterocycles. The molecule has 49 heavy (non-hydrogen) atoms. The van der Waals surface area contributed by atoms with Crippen LogP contribution in [0.15, 0.2) is 42.0 Å². The number of likely N-dealkylation sites (N-methyl/N-ethyl adjacent to an activating group) is 1. The average Bonchev–Trinajstić information content (AvgIpc) is 3.66. The molecule has 3 aromatic rings. The quantitative estimate of drug-likeness (QED) is 0.295. The van der Waals surface area contributed by atoms with E-state index >= 15 is 0 Å². The Hall–Kier alpha value is -4.31. The van der Waals surface area contributed by atoms with E-state index in [4.69, 9.17) is 34.7 Å². The number of halogens is 10. The smallest absolute Gasteiger partial charge is 0.475 e. The van der Waals surface area contributed by atoms with Gasteiger partial charge in [-0.2, -0.15) is 39.5 Å². The van der Waals surface area contributed by atoms with Crippen molar-refractivity contribution in [2.45, 2.75) is 50.0 Å². The number of piperidine rings is 1. The highest BCUT2D eigenvalue weighted by Crippen LogP contribution is 2.41. The molecule has 0 saturated carbocycles. The van der Waals surface area contributed by atoms with E-state index in [1.807, 2.05) is 23.8 Å². The zero-order valence-electron chi connectivity index (χ0n) is 25.0. The van der Waals surface area contributed by atoms with Gasteiger partial charge in [0.15, 0.2) is 0 Å². The summed E-state index contributed by atoms with van der Waals surface area (Å²) >= 11 is 1.72. The van der Waals surface area contributed by atoms with Crippen LogP contribution in [0.1, 0.15) is 23.7 Å². The fraction of sp³-hybridized carbons (Fsp3) is 0.444. The molecule has 11 nitrogen and oxygen atoms in total. The number of hydrogen-bond donors (Lipinski definition) is 3. The maximum absolute atomic E-state index is 13.8. The minimum absolute atomic E-state index is 0.0385. The van der Waals surface area contributed by atoms with Crippen molar-refractivity contribution in [1.29, 1.82) is 0 Å². The van der Waals surface area contributed by atoms with Crippen LogP contribution in [0, 0.1) is 5.82 Å². The van der Waals surface area contributed by atoms with Gasteiger partial charge in [0, 0.05) is 43.3 Å². The normalized spacial score (nSPS) is 16.1. The standard InChI is InChI=1S/C21H24FN5S.3C2HF3O2/c1-25-10-11-27-18(16-3-2-4-17(22)13-16)14-24-20(27)21(25)5-8-26(9-6-21)15-19-23-7-12-28-19;3*3-2(4,5)1(6)7/h2-4,7,12-14H,5-6,8-11,15H2,1H3;3*(H,6,7). The second kappa shape index (κ2) is 16.4. The van der Waals surface area contributed by atoms with E-state index in [9.17, 15) is 43.9 Å². The summed E-state index contributed by atoms with van der Waals surface area (Å²) in [6.45, 7) is 4.87. The van der Waals surface area contributed by atoms with E-state index in [0.29, 0.717) is 0 Å². The second-order valence-corrected chi connectivity index (χ2v) is 11.2. The lowest BCUT2D eigenvalue weighted by Gasteiger charge is -2.49. The number of carbonyl (C=O) groups is 3. The predicted molar refractivity (Wildman–Crippen MR) is 150 cm³/mol. The molecule has 0 radical (unpaired) electrons. The molecule has 2 aliphatic heterocycles.